The molecule has 1 atom stereocenters. The zero-order valence-corrected chi connectivity index (χ0v) is 8.74. The van der Waals surface area contributed by atoms with Gasteiger partial charge in [-0.1, -0.05) is 12.1 Å². The molecule has 2 N–H and O–H groups in total. The van der Waals surface area contributed by atoms with E-state index in [1.54, 1.807) is 0 Å². The molecule has 1 aliphatic rings. The molecule has 0 aliphatic carbocycles. The van der Waals surface area contributed by atoms with Crippen LogP contribution in [-0.2, 0) is 0 Å². The minimum Gasteiger partial charge on any atom is -0.368 e. The third kappa shape index (κ3) is 1.75. The van der Waals surface area contributed by atoms with Gasteiger partial charge >= 0.3 is 0 Å². The number of benzene rings is 1. The van der Waals surface area contributed by atoms with Crippen LogP contribution in [0.3, 0.4) is 0 Å². The highest BCUT2D eigenvalue weighted by Gasteiger charge is 2.26. The van der Waals surface area contributed by atoms with Crippen LogP contribution in [0.1, 0.15) is 18.4 Å². The Balaban J connectivity index is 2.08. The molecule has 0 radical (unpaired) electrons. The number of rotatable bonds is 3. The molecular weight excluding hydrogens is 172 g/mol. The van der Waals surface area contributed by atoms with Gasteiger partial charge in [0.2, 0.25) is 0 Å². The van der Waals surface area contributed by atoms with E-state index >= 15 is 0 Å². The third-order valence-corrected chi connectivity index (χ3v) is 2.98. The summed E-state index contributed by atoms with van der Waals surface area (Å²) in [6.07, 6.45) is 2.42. The molecule has 0 amide bonds. The van der Waals surface area contributed by atoms with Crippen molar-refractivity contribution in [3.63, 3.8) is 0 Å². The molecule has 1 heterocycles. The number of hydrogen-bond acceptors (Lipinski definition) is 2. The SMILES string of the molecule is Cc1cccc(N2CCC2CCN)c1. The van der Waals surface area contributed by atoms with Crippen LogP contribution in [0, 0.1) is 6.92 Å². The lowest BCUT2D eigenvalue weighted by molar-refractivity contribution is 0.427. The second kappa shape index (κ2) is 4.01. The fourth-order valence-electron chi connectivity index (χ4n) is 2.08. The van der Waals surface area contributed by atoms with E-state index in [1.165, 1.54) is 24.2 Å². The number of nitrogens with two attached hydrogens (primary N) is 1. The monoisotopic (exact) mass is 190 g/mol. The summed E-state index contributed by atoms with van der Waals surface area (Å²) in [7, 11) is 0. The van der Waals surface area contributed by atoms with E-state index < -0.39 is 0 Å². The van der Waals surface area contributed by atoms with Crippen molar-refractivity contribution in [3.8, 4) is 0 Å². The van der Waals surface area contributed by atoms with Crippen LogP contribution in [0.4, 0.5) is 5.69 Å². The number of hydrogen-bond donors (Lipinski definition) is 1. The molecule has 1 aromatic carbocycles. The molecule has 76 valence electrons. The second-order valence-electron chi connectivity index (χ2n) is 4.05. The summed E-state index contributed by atoms with van der Waals surface area (Å²) in [6, 6.07) is 9.39. The molecule has 1 aliphatic heterocycles. The summed E-state index contributed by atoms with van der Waals surface area (Å²) >= 11 is 0. The van der Waals surface area contributed by atoms with Crippen LogP contribution in [0.5, 0.6) is 0 Å². The maximum atomic E-state index is 5.58. The molecule has 0 saturated carbocycles. The van der Waals surface area contributed by atoms with Gasteiger partial charge < -0.3 is 10.6 Å². The van der Waals surface area contributed by atoms with Crippen LogP contribution >= 0.6 is 0 Å². The zero-order valence-electron chi connectivity index (χ0n) is 8.74. The lowest BCUT2D eigenvalue weighted by atomic mass is 9.98. The van der Waals surface area contributed by atoms with Gasteiger partial charge in [0, 0.05) is 18.3 Å². The van der Waals surface area contributed by atoms with Gasteiger partial charge in [-0.2, -0.15) is 0 Å². The summed E-state index contributed by atoms with van der Waals surface area (Å²) in [4.78, 5) is 2.46. The Morgan fingerprint density at radius 1 is 1.50 bits per heavy atom. The molecule has 2 rings (SSSR count). The fraction of sp³-hybridized carbons (Fsp3) is 0.500. The Bertz CT molecular complexity index is 309. The molecule has 0 spiro atoms. The predicted octanol–water partition coefficient (Wildman–Crippen LogP) is 1.92. The molecule has 2 heteroatoms. The van der Waals surface area contributed by atoms with Gasteiger partial charge in [-0.3, -0.25) is 0 Å². The Labute approximate surface area is 85.7 Å². The van der Waals surface area contributed by atoms with Crippen molar-refractivity contribution < 1.29 is 0 Å². The summed E-state index contributed by atoms with van der Waals surface area (Å²) in [5.41, 5.74) is 8.27. The fourth-order valence-corrected chi connectivity index (χ4v) is 2.08. The van der Waals surface area contributed by atoms with E-state index in [0.29, 0.717) is 6.04 Å². The topological polar surface area (TPSA) is 29.3 Å². The molecule has 0 bridgehead atoms. The van der Waals surface area contributed by atoms with Crippen molar-refractivity contribution >= 4 is 5.69 Å². The van der Waals surface area contributed by atoms with Gasteiger partial charge in [-0.05, 0) is 44.0 Å². The Morgan fingerprint density at radius 2 is 2.36 bits per heavy atom. The van der Waals surface area contributed by atoms with E-state index in [9.17, 15) is 0 Å². The number of nitrogens with zero attached hydrogens (tertiary/aromatic N) is 1. The van der Waals surface area contributed by atoms with E-state index in [0.717, 1.165) is 13.0 Å². The number of anilines is 1. The third-order valence-electron chi connectivity index (χ3n) is 2.98. The molecule has 0 aromatic heterocycles. The van der Waals surface area contributed by atoms with Gasteiger partial charge in [0.05, 0.1) is 0 Å². The lowest BCUT2D eigenvalue weighted by Crippen LogP contribution is -2.48. The summed E-state index contributed by atoms with van der Waals surface area (Å²) < 4.78 is 0. The molecule has 14 heavy (non-hydrogen) atoms. The summed E-state index contributed by atoms with van der Waals surface area (Å²) in [6.45, 7) is 4.13. The smallest absolute Gasteiger partial charge is 0.0371 e. The van der Waals surface area contributed by atoms with Crippen LogP contribution in [0.15, 0.2) is 24.3 Å². The summed E-state index contributed by atoms with van der Waals surface area (Å²) in [5, 5.41) is 0. The van der Waals surface area contributed by atoms with Crippen LogP contribution in [0.2, 0.25) is 0 Å². The van der Waals surface area contributed by atoms with Gasteiger partial charge in [0.1, 0.15) is 0 Å². The average molecular weight is 190 g/mol. The normalized spacial score (nSPS) is 20.7. The van der Waals surface area contributed by atoms with E-state index in [4.69, 9.17) is 5.73 Å². The first kappa shape index (κ1) is 9.53. The first-order valence-electron chi connectivity index (χ1n) is 5.34. The zero-order chi connectivity index (χ0) is 9.97. The molecule has 1 unspecified atom stereocenters. The Hall–Kier alpha value is -1.02. The van der Waals surface area contributed by atoms with E-state index in [-0.39, 0.29) is 0 Å². The molecular formula is C12H18N2. The van der Waals surface area contributed by atoms with Crippen molar-refractivity contribution in [1.82, 2.24) is 0 Å². The molecule has 1 aromatic rings. The van der Waals surface area contributed by atoms with Crippen molar-refractivity contribution in [2.24, 2.45) is 5.73 Å². The molecule has 1 saturated heterocycles. The van der Waals surface area contributed by atoms with Gasteiger partial charge in [-0.15, -0.1) is 0 Å². The molecule has 1 fully saturated rings. The first-order chi connectivity index (χ1) is 6.81. The highest BCUT2D eigenvalue weighted by atomic mass is 15.2. The van der Waals surface area contributed by atoms with Crippen molar-refractivity contribution in [1.29, 1.82) is 0 Å². The second-order valence-corrected chi connectivity index (χ2v) is 4.05. The standard InChI is InChI=1S/C12H18N2/c1-10-3-2-4-12(9-10)14-8-6-11(14)5-7-13/h2-4,9,11H,5-8,13H2,1H3. The largest absolute Gasteiger partial charge is 0.368 e. The van der Waals surface area contributed by atoms with Crippen LogP contribution in [0.25, 0.3) is 0 Å². The van der Waals surface area contributed by atoms with Gasteiger partial charge in [-0.25, -0.2) is 0 Å². The minimum absolute atomic E-state index is 0.682. The van der Waals surface area contributed by atoms with Crippen LogP contribution < -0.4 is 10.6 Å². The predicted molar refractivity (Wildman–Crippen MR) is 60.6 cm³/mol. The van der Waals surface area contributed by atoms with Crippen molar-refractivity contribution in [2.45, 2.75) is 25.8 Å². The quantitative estimate of drug-likeness (QED) is 0.789. The van der Waals surface area contributed by atoms with Crippen molar-refractivity contribution in [3.05, 3.63) is 29.8 Å². The average Bonchev–Trinajstić information content (AvgIpc) is 2.12. The van der Waals surface area contributed by atoms with Crippen LogP contribution in [-0.4, -0.2) is 19.1 Å². The Kier molecular flexibility index (Phi) is 2.73. The minimum atomic E-state index is 0.682. The van der Waals surface area contributed by atoms with E-state index in [1.807, 2.05) is 0 Å². The summed E-state index contributed by atoms with van der Waals surface area (Å²) in [5.74, 6) is 0. The maximum absolute atomic E-state index is 5.58. The highest BCUT2D eigenvalue weighted by Crippen LogP contribution is 2.28. The van der Waals surface area contributed by atoms with Gasteiger partial charge in [0.15, 0.2) is 0 Å². The first-order valence-corrected chi connectivity index (χ1v) is 5.34. The van der Waals surface area contributed by atoms with Gasteiger partial charge in [0.25, 0.3) is 0 Å². The maximum Gasteiger partial charge on any atom is 0.0371 e. The molecule has 2 nitrogen and oxygen atoms in total. The van der Waals surface area contributed by atoms with E-state index in [2.05, 4.69) is 36.1 Å². The number of aryl methyl sites for hydroxylation is 1. The lowest BCUT2D eigenvalue weighted by Gasteiger charge is -2.43. The highest BCUT2D eigenvalue weighted by molar-refractivity contribution is 5.51. The Morgan fingerprint density at radius 3 is 2.93 bits per heavy atom. The van der Waals surface area contributed by atoms with Crippen molar-refractivity contribution in [2.75, 3.05) is 18.0 Å².